The van der Waals surface area contributed by atoms with Crippen LogP contribution in [0.5, 0.6) is 0 Å². The molecule has 2 rings (SSSR count). The van der Waals surface area contributed by atoms with Crippen molar-refractivity contribution in [2.45, 2.75) is 32.6 Å². The summed E-state index contributed by atoms with van der Waals surface area (Å²) in [4.78, 5) is 2.55. The third-order valence-electron chi connectivity index (χ3n) is 3.36. The van der Waals surface area contributed by atoms with Crippen LogP contribution >= 0.6 is 11.3 Å². The topological polar surface area (TPSA) is 49.9 Å². The predicted octanol–water partition coefficient (Wildman–Crippen LogP) is 2.66. The molecule has 1 fully saturated rings. The molecule has 0 bridgehead atoms. The fourth-order valence-corrected chi connectivity index (χ4v) is 3.55. The van der Waals surface area contributed by atoms with Gasteiger partial charge in [0.15, 0.2) is 0 Å². The highest BCUT2D eigenvalue weighted by Crippen LogP contribution is 2.65. The average molecular weight is 208 g/mol. The highest BCUT2D eigenvalue weighted by Gasteiger charge is 2.65. The maximum atomic E-state index is 7.75. The largest absolute Gasteiger partial charge is 0.387 e. The van der Waals surface area contributed by atoms with Crippen LogP contribution in [0.1, 0.15) is 30.0 Å². The summed E-state index contributed by atoms with van der Waals surface area (Å²) in [6, 6.07) is 4.23. The van der Waals surface area contributed by atoms with Gasteiger partial charge in [0.2, 0.25) is 0 Å². The molecule has 2 nitrogen and oxygen atoms in total. The summed E-state index contributed by atoms with van der Waals surface area (Å²) in [5, 5.41) is 7.75. The van der Waals surface area contributed by atoms with Gasteiger partial charge in [-0.1, -0.05) is 13.8 Å². The van der Waals surface area contributed by atoms with Crippen molar-refractivity contribution in [3.05, 3.63) is 21.9 Å². The predicted molar refractivity (Wildman–Crippen MR) is 61.0 cm³/mol. The molecule has 1 saturated carbocycles. The molecule has 3 heteroatoms. The molecule has 0 saturated heterocycles. The van der Waals surface area contributed by atoms with E-state index in [-0.39, 0.29) is 10.8 Å². The molecule has 1 aromatic rings. The maximum absolute atomic E-state index is 7.75. The number of nitrogens with one attached hydrogen (secondary N) is 1. The van der Waals surface area contributed by atoms with Crippen molar-refractivity contribution in [1.29, 1.82) is 5.41 Å². The van der Waals surface area contributed by atoms with E-state index in [1.165, 1.54) is 9.75 Å². The van der Waals surface area contributed by atoms with E-state index in [2.05, 4.69) is 32.9 Å². The van der Waals surface area contributed by atoms with Gasteiger partial charge in [-0.25, -0.2) is 0 Å². The zero-order valence-corrected chi connectivity index (χ0v) is 9.66. The second kappa shape index (κ2) is 2.60. The molecule has 0 aromatic carbocycles. The Morgan fingerprint density at radius 2 is 2.07 bits per heavy atom. The summed E-state index contributed by atoms with van der Waals surface area (Å²) in [5.74, 6) is 0.323. The van der Waals surface area contributed by atoms with E-state index in [0.717, 1.165) is 6.42 Å². The molecule has 14 heavy (non-hydrogen) atoms. The average Bonchev–Trinajstić information content (AvgIpc) is 2.44. The molecular weight excluding hydrogens is 192 g/mol. The lowest BCUT2D eigenvalue weighted by Crippen LogP contribution is -2.31. The fourth-order valence-electron chi connectivity index (χ4n) is 2.30. The van der Waals surface area contributed by atoms with Crippen LogP contribution < -0.4 is 5.73 Å². The van der Waals surface area contributed by atoms with Crippen molar-refractivity contribution < 1.29 is 0 Å². The third-order valence-corrected chi connectivity index (χ3v) is 4.52. The van der Waals surface area contributed by atoms with Crippen LogP contribution in [0.3, 0.4) is 0 Å². The normalized spacial score (nSPS) is 28.8. The highest BCUT2D eigenvalue weighted by molar-refractivity contribution is 7.12. The molecule has 1 unspecified atom stereocenters. The Kier molecular flexibility index (Phi) is 1.80. The first kappa shape index (κ1) is 9.71. The molecule has 1 heterocycles. The molecule has 0 amide bonds. The second-order valence-corrected chi connectivity index (χ2v) is 6.08. The number of nitrogens with two attached hydrogens (primary N) is 1. The van der Waals surface area contributed by atoms with Crippen LogP contribution in [-0.4, -0.2) is 5.84 Å². The Hall–Kier alpha value is -0.830. The van der Waals surface area contributed by atoms with Gasteiger partial charge in [-0.15, -0.1) is 11.3 Å². The van der Waals surface area contributed by atoms with Crippen LogP contribution in [0.2, 0.25) is 0 Å². The molecule has 1 aliphatic rings. The lowest BCUT2D eigenvalue weighted by Gasteiger charge is -2.17. The van der Waals surface area contributed by atoms with E-state index in [1.807, 2.05) is 0 Å². The van der Waals surface area contributed by atoms with Gasteiger partial charge >= 0.3 is 0 Å². The van der Waals surface area contributed by atoms with E-state index < -0.39 is 0 Å². The number of hydrogen-bond acceptors (Lipinski definition) is 2. The standard InChI is InChI=1S/C11H16N2S/c1-7-4-5-8(14-7)11(9(12)13)6-10(11,2)3/h4-5H,6H2,1-3H3,(H3,12,13). The summed E-state index contributed by atoms with van der Waals surface area (Å²) in [6.07, 6.45) is 1.01. The Morgan fingerprint density at radius 3 is 2.36 bits per heavy atom. The minimum atomic E-state index is -0.161. The van der Waals surface area contributed by atoms with E-state index in [4.69, 9.17) is 11.1 Å². The van der Waals surface area contributed by atoms with Gasteiger partial charge in [0.25, 0.3) is 0 Å². The molecule has 3 N–H and O–H groups in total. The van der Waals surface area contributed by atoms with Crippen molar-refractivity contribution in [2.24, 2.45) is 11.1 Å². The first-order valence-corrected chi connectivity index (χ1v) is 5.63. The molecule has 1 atom stereocenters. The van der Waals surface area contributed by atoms with Gasteiger partial charge in [-0.2, -0.15) is 0 Å². The highest BCUT2D eigenvalue weighted by atomic mass is 32.1. The van der Waals surface area contributed by atoms with Gasteiger partial charge in [0.1, 0.15) is 5.84 Å². The van der Waals surface area contributed by atoms with Crippen LogP contribution in [0, 0.1) is 17.7 Å². The van der Waals surface area contributed by atoms with Crippen LogP contribution in [-0.2, 0) is 5.41 Å². The SMILES string of the molecule is Cc1ccc(C2(C(=N)N)CC2(C)C)s1. The summed E-state index contributed by atoms with van der Waals surface area (Å²) in [6.45, 7) is 6.46. The van der Waals surface area contributed by atoms with E-state index in [0.29, 0.717) is 5.84 Å². The first-order chi connectivity index (χ1) is 6.40. The Morgan fingerprint density at radius 1 is 1.50 bits per heavy atom. The van der Waals surface area contributed by atoms with E-state index >= 15 is 0 Å². The minimum Gasteiger partial charge on any atom is -0.387 e. The maximum Gasteiger partial charge on any atom is 0.103 e. The Balaban J connectivity index is 2.46. The van der Waals surface area contributed by atoms with Crippen LogP contribution in [0.15, 0.2) is 12.1 Å². The van der Waals surface area contributed by atoms with Crippen LogP contribution in [0.25, 0.3) is 0 Å². The van der Waals surface area contributed by atoms with E-state index in [1.54, 1.807) is 11.3 Å². The number of aryl methyl sites for hydroxylation is 1. The zero-order valence-electron chi connectivity index (χ0n) is 8.85. The Labute approximate surface area is 88.6 Å². The van der Waals surface area contributed by atoms with E-state index in [9.17, 15) is 0 Å². The molecule has 0 aliphatic heterocycles. The van der Waals surface area contributed by atoms with Gasteiger partial charge < -0.3 is 5.73 Å². The second-order valence-electron chi connectivity index (χ2n) is 4.79. The fraction of sp³-hybridized carbons (Fsp3) is 0.545. The molecular formula is C11H16N2S. The van der Waals surface area contributed by atoms with Crippen LogP contribution in [0.4, 0.5) is 0 Å². The number of rotatable bonds is 2. The monoisotopic (exact) mass is 208 g/mol. The smallest absolute Gasteiger partial charge is 0.103 e. The van der Waals surface area contributed by atoms with Crippen molar-refractivity contribution >= 4 is 17.2 Å². The van der Waals surface area contributed by atoms with Gasteiger partial charge in [-0.3, -0.25) is 5.41 Å². The van der Waals surface area contributed by atoms with Gasteiger partial charge in [0, 0.05) is 9.75 Å². The summed E-state index contributed by atoms with van der Waals surface area (Å²) in [5.41, 5.74) is 5.74. The molecule has 0 spiro atoms. The summed E-state index contributed by atoms with van der Waals surface area (Å²) in [7, 11) is 0. The van der Waals surface area contributed by atoms with Crippen molar-refractivity contribution in [3.63, 3.8) is 0 Å². The lowest BCUT2D eigenvalue weighted by molar-refractivity contribution is 0.582. The van der Waals surface area contributed by atoms with Crippen molar-refractivity contribution in [1.82, 2.24) is 0 Å². The molecule has 76 valence electrons. The quantitative estimate of drug-likeness (QED) is 0.569. The number of thiophene rings is 1. The first-order valence-electron chi connectivity index (χ1n) is 4.81. The molecule has 0 radical (unpaired) electrons. The number of amidine groups is 1. The zero-order chi connectivity index (χ0) is 10.6. The number of hydrogen-bond donors (Lipinski definition) is 2. The molecule has 1 aliphatic carbocycles. The lowest BCUT2D eigenvalue weighted by atomic mass is 9.93. The van der Waals surface area contributed by atoms with Crippen molar-refractivity contribution in [3.8, 4) is 0 Å². The summed E-state index contributed by atoms with van der Waals surface area (Å²) < 4.78 is 0. The van der Waals surface area contributed by atoms with Gasteiger partial charge in [0.05, 0.1) is 5.41 Å². The minimum absolute atomic E-state index is 0.161. The summed E-state index contributed by atoms with van der Waals surface area (Å²) >= 11 is 1.77. The molecule has 1 aromatic heterocycles. The third kappa shape index (κ3) is 1.05. The van der Waals surface area contributed by atoms with Crippen molar-refractivity contribution in [2.75, 3.05) is 0 Å². The Bertz CT molecular complexity index is 392. The van der Waals surface area contributed by atoms with Gasteiger partial charge in [-0.05, 0) is 30.9 Å².